The largest absolute Gasteiger partial charge is 0.300 e. The SMILES string of the molecule is CCCCCCCCCCCCCCCCC1CC(=O)CCN1Cc1ccccc1. The number of ketones is 1. The molecule has 1 aliphatic heterocycles. The second kappa shape index (κ2) is 16.5. The molecule has 0 radical (unpaired) electrons. The topological polar surface area (TPSA) is 20.3 Å². The zero-order chi connectivity index (χ0) is 21.3. The maximum absolute atomic E-state index is 12.0. The highest BCUT2D eigenvalue weighted by Crippen LogP contribution is 2.23. The van der Waals surface area contributed by atoms with Crippen LogP contribution >= 0.6 is 0 Å². The van der Waals surface area contributed by atoms with Crippen LogP contribution in [0.15, 0.2) is 30.3 Å². The van der Waals surface area contributed by atoms with Gasteiger partial charge in [-0.2, -0.15) is 0 Å². The fourth-order valence-electron chi connectivity index (χ4n) is 4.83. The summed E-state index contributed by atoms with van der Waals surface area (Å²) in [6.45, 7) is 4.23. The van der Waals surface area contributed by atoms with E-state index in [1.807, 2.05) is 0 Å². The van der Waals surface area contributed by atoms with E-state index in [0.717, 1.165) is 25.9 Å². The molecule has 1 unspecified atom stereocenters. The van der Waals surface area contributed by atoms with Crippen LogP contribution in [0.4, 0.5) is 0 Å². The van der Waals surface area contributed by atoms with E-state index in [4.69, 9.17) is 0 Å². The molecule has 1 atom stereocenters. The van der Waals surface area contributed by atoms with Gasteiger partial charge in [0.2, 0.25) is 0 Å². The molecule has 1 aromatic carbocycles. The molecule has 0 saturated carbocycles. The summed E-state index contributed by atoms with van der Waals surface area (Å²) in [5, 5.41) is 0. The van der Waals surface area contributed by atoms with Gasteiger partial charge in [-0.15, -0.1) is 0 Å². The zero-order valence-electron chi connectivity index (χ0n) is 19.8. The summed E-state index contributed by atoms with van der Waals surface area (Å²) in [6.07, 6.45) is 22.4. The summed E-state index contributed by atoms with van der Waals surface area (Å²) in [5.41, 5.74) is 1.37. The van der Waals surface area contributed by atoms with Crippen molar-refractivity contribution in [3.63, 3.8) is 0 Å². The van der Waals surface area contributed by atoms with Gasteiger partial charge in [-0.1, -0.05) is 127 Å². The molecule has 0 N–H and O–H groups in total. The number of hydrogen-bond donors (Lipinski definition) is 0. The van der Waals surface area contributed by atoms with E-state index in [0.29, 0.717) is 11.8 Å². The van der Waals surface area contributed by atoms with Crippen molar-refractivity contribution in [3.8, 4) is 0 Å². The van der Waals surface area contributed by atoms with Crippen molar-refractivity contribution in [2.75, 3.05) is 6.54 Å². The average molecular weight is 414 g/mol. The molecule has 2 rings (SSSR count). The number of nitrogens with zero attached hydrogens (tertiary/aromatic N) is 1. The highest BCUT2D eigenvalue weighted by Gasteiger charge is 2.26. The molecule has 0 aliphatic carbocycles. The van der Waals surface area contributed by atoms with Gasteiger partial charge in [0.25, 0.3) is 0 Å². The van der Waals surface area contributed by atoms with Gasteiger partial charge < -0.3 is 0 Å². The van der Waals surface area contributed by atoms with Gasteiger partial charge in [-0.25, -0.2) is 0 Å². The summed E-state index contributed by atoms with van der Waals surface area (Å²) < 4.78 is 0. The van der Waals surface area contributed by atoms with E-state index in [2.05, 4.69) is 42.2 Å². The predicted octanol–water partition coefficient (Wildman–Crippen LogP) is 8.09. The average Bonchev–Trinajstić information content (AvgIpc) is 2.76. The number of piperidine rings is 1. The molecule has 1 aromatic rings. The van der Waals surface area contributed by atoms with Crippen LogP contribution in [0.5, 0.6) is 0 Å². The minimum atomic E-state index is 0.462. The number of rotatable bonds is 17. The molecule has 1 aliphatic rings. The van der Waals surface area contributed by atoms with Crippen LogP contribution < -0.4 is 0 Å². The van der Waals surface area contributed by atoms with Crippen LogP contribution in [-0.2, 0) is 11.3 Å². The molecule has 2 nitrogen and oxygen atoms in total. The first-order valence-corrected chi connectivity index (χ1v) is 13.1. The summed E-state index contributed by atoms with van der Waals surface area (Å²) in [7, 11) is 0. The molecular formula is C28H47NO. The molecule has 170 valence electrons. The lowest BCUT2D eigenvalue weighted by atomic mass is 9.95. The Balaban J connectivity index is 1.47. The highest BCUT2D eigenvalue weighted by molar-refractivity contribution is 5.79. The van der Waals surface area contributed by atoms with E-state index in [-0.39, 0.29) is 0 Å². The monoisotopic (exact) mass is 413 g/mol. The fourth-order valence-corrected chi connectivity index (χ4v) is 4.83. The summed E-state index contributed by atoms with van der Waals surface area (Å²) >= 11 is 0. The first-order chi connectivity index (χ1) is 14.8. The van der Waals surface area contributed by atoms with Gasteiger partial charge >= 0.3 is 0 Å². The van der Waals surface area contributed by atoms with Crippen LogP contribution in [0.1, 0.15) is 122 Å². The zero-order valence-corrected chi connectivity index (χ0v) is 19.8. The van der Waals surface area contributed by atoms with Crippen molar-refractivity contribution in [3.05, 3.63) is 35.9 Å². The summed E-state index contributed by atoms with van der Waals surface area (Å²) in [5.74, 6) is 0.467. The Bertz CT molecular complexity index is 541. The quantitative estimate of drug-likeness (QED) is 0.240. The lowest BCUT2D eigenvalue weighted by molar-refractivity contribution is -0.123. The van der Waals surface area contributed by atoms with Crippen LogP contribution in [0.3, 0.4) is 0 Å². The first-order valence-electron chi connectivity index (χ1n) is 13.1. The molecular weight excluding hydrogens is 366 g/mol. The lowest BCUT2D eigenvalue weighted by Gasteiger charge is -2.35. The van der Waals surface area contributed by atoms with E-state index in [1.54, 1.807) is 0 Å². The minimum absolute atomic E-state index is 0.462. The van der Waals surface area contributed by atoms with E-state index < -0.39 is 0 Å². The van der Waals surface area contributed by atoms with Crippen molar-refractivity contribution in [2.24, 2.45) is 0 Å². The van der Waals surface area contributed by atoms with Crippen molar-refractivity contribution in [2.45, 2.75) is 129 Å². The second-order valence-electron chi connectivity index (χ2n) is 9.49. The number of carbonyl (C=O) groups is 1. The van der Waals surface area contributed by atoms with Gasteiger partial charge in [0.15, 0.2) is 0 Å². The molecule has 2 heteroatoms. The van der Waals surface area contributed by atoms with Crippen LogP contribution in [0, 0.1) is 0 Å². The maximum Gasteiger partial charge on any atom is 0.135 e. The van der Waals surface area contributed by atoms with Gasteiger partial charge in [0.05, 0.1) is 0 Å². The van der Waals surface area contributed by atoms with Crippen molar-refractivity contribution in [1.82, 2.24) is 4.90 Å². The third-order valence-corrected chi connectivity index (χ3v) is 6.78. The van der Waals surface area contributed by atoms with Gasteiger partial charge in [-0.05, 0) is 12.0 Å². The molecule has 30 heavy (non-hydrogen) atoms. The molecule has 0 bridgehead atoms. The maximum atomic E-state index is 12.0. The standard InChI is InChI=1S/C28H47NO/c1-2-3-4-5-6-7-8-9-10-11-12-13-14-18-21-27-24-28(30)22-23-29(27)25-26-19-16-15-17-20-26/h15-17,19-20,27H,2-14,18,21-25H2,1H3. The Morgan fingerprint density at radius 1 is 0.767 bits per heavy atom. The van der Waals surface area contributed by atoms with Crippen LogP contribution in [-0.4, -0.2) is 23.3 Å². The van der Waals surface area contributed by atoms with Gasteiger partial charge in [0, 0.05) is 32.0 Å². The normalized spacial score (nSPS) is 17.5. The fraction of sp³-hybridized carbons (Fsp3) is 0.750. The minimum Gasteiger partial charge on any atom is -0.300 e. The van der Waals surface area contributed by atoms with Crippen molar-refractivity contribution >= 4 is 5.78 Å². The Labute approximate surface area is 186 Å². The lowest BCUT2D eigenvalue weighted by Crippen LogP contribution is -2.42. The summed E-state index contributed by atoms with van der Waals surface area (Å²) in [4.78, 5) is 14.5. The highest BCUT2D eigenvalue weighted by atomic mass is 16.1. The molecule has 1 fully saturated rings. The Morgan fingerprint density at radius 2 is 1.30 bits per heavy atom. The third-order valence-electron chi connectivity index (χ3n) is 6.78. The summed E-state index contributed by atoms with van der Waals surface area (Å²) in [6, 6.07) is 11.2. The number of carbonyl (C=O) groups excluding carboxylic acids is 1. The van der Waals surface area contributed by atoms with E-state index in [1.165, 1.54) is 102 Å². The molecule has 1 saturated heterocycles. The van der Waals surface area contributed by atoms with Gasteiger partial charge in [0.1, 0.15) is 5.78 Å². The smallest absolute Gasteiger partial charge is 0.135 e. The number of Topliss-reactive ketones (excluding diaryl/α,β-unsaturated/α-hetero) is 1. The number of benzene rings is 1. The first kappa shape index (κ1) is 25.1. The van der Waals surface area contributed by atoms with Crippen LogP contribution in [0.25, 0.3) is 0 Å². The second-order valence-corrected chi connectivity index (χ2v) is 9.49. The Hall–Kier alpha value is -1.15. The number of unbranched alkanes of at least 4 members (excludes halogenated alkanes) is 13. The molecule has 1 heterocycles. The van der Waals surface area contributed by atoms with Gasteiger partial charge in [-0.3, -0.25) is 9.69 Å². The Morgan fingerprint density at radius 3 is 1.87 bits per heavy atom. The molecule has 0 amide bonds. The number of hydrogen-bond acceptors (Lipinski definition) is 2. The number of likely N-dealkylation sites (tertiary alicyclic amines) is 1. The molecule has 0 spiro atoms. The van der Waals surface area contributed by atoms with E-state index >= 15 is 0 Å². The van der Waals surface area contributed by atoms with Crippen molar-refractivity contribution < 1.29 is 4.79 Å². The van der Waals surface area contributed by atoms with Crippen LogP contribution in [0.2, 0.25) is 0 Å². The van der Waals surface area contributed by atoms with Crippen molar-refractivity contribution in [1.29, 1.82) is 0 Å². The predicted molar refractivity (Wildman–Crippen MR) is 130 cm³/mol. The van der Waals surface area contributed by atoms with E-state index in [9.17, 15) is 4.79 Å². The third kappa shape index (κ3) is 11.3. The molecule has 0 aromatic heterocycles. The Kier molecular flexibility index (Phi) is 13.8.